The van der Waals surface area contributed by atoms with Crippen LogP contribution in [0.2, 0.25) is 0 Å². The first-order valence-corrected chi connectivity index (χ1v) is 8.60. The number of nitrogens with one attached hydrogen (secondary N) is 1. The van der Waals surface area contributed by atoms with Crippen molar-refractivity contribution in [2.24, 2.45) is 0 Å². The van der Waals surface area contributed by atoms with E-state index in [1.54, 1.807) is 0 Å². The summed E-state index contributed by atoms with van der Waals surface area (Å²) in [5, 5.41) is 3.20. The fourth-order valence-electron chi connectivity index (χ4n) is 2.53. The Morgan fingerprint density at radius 3 is 2.46 bits per heavy atom. The summed E-state index contributed by atoms with van der Waals surface area (Å²) in [7, 11) is 0. The highest BCUT2D eigenvalue weighted by Gasteiger charge is 2.34. The van der Waals surface area contributed by atoms with E-state index in [0.717, 1.165) is 35.4 Å². The van der Waals surface area contributed by atoms with Crippen LogP contribution in [-0.2, 0) is 19.1 Å². The molecule has 0 aliphatic carbocycles. The molecule has 0 spiro atoms. The van der Waals surface area contributed by atoms with Crippen LogP contribution in [0.3, 0.4) is 0 Å². The van der Waals surface area contributed by atoms with Crippen LogP contribution in [-0.4, -0.2) is 13.2 Å². The van der Waals surface area contributed by atoms with Gasteiger partial charge < -0.3 is 10.1 Å². The Hall–Kier alpha value is -2.08. The lowest BCUT2D eigenvalue weighted by Gasteiger charge is -2.12. The van der Waals surface area contributed by atoms with Crippen molar-refractivity contribution in [2.75, 3.05) is 13.2 Å². The molecule has 6 heteroatoms. The summed E-state index contributed by atoms with van der Waals surface area (Å²) in [4.78, 5) is 0. The highest BCUT2D eigenvalue weighted by atomic mass is 19.4. The minimum Gasteiger partial charge on any atom is -0.493 e. The molecule has 142 valence electrons. The van der Waals surface area contributed by atoms with E-state index in [0.29, 0.717) is 31.7 Å². The van der Waals surface area contributed by atoms with E-state index in [2.05, 4.69) is 5.32 Å². The number of aryl methyl sites for hydroxylation is 1. The van der Waals surface area contributed by atoms with Crippen molar-refractivity contribution in [3.63, 3.8) is 0 Å². The minimum absolute atomic E-state index is 0.383. The molecule has 0 saturated heterocycles. The van der Waals surface area contributed by atoms with Crippen molar-refractivity contribution in [3.8, 4) is 5.75 Å². The van der Waals surface area contributed by atoms with E-state index in [1.165, 1.54) is 6.07 Å². The maximum Gasteiger partial charge on any atom is 0.419 e. The van der Waals surface area contributed by atoms with Gasteiger partial charge in [-0.1, -0.05) is 25.1 Å². The molecule has 0 amide bonds. The van der Waals surface area contributed by atoms with E-state index < -0.39 is 17.6 Å². The second-order valence-corrected chi connectivity index (χ2v) is 6.19. The monoisotopic (exact) mass is 369 g/mol. The molecule has 0 atom stereocenters. The third-order valence-electron chi connectivity index (χ3n) is 3.97. The predicted octanol–water partition coefficient (Wildman–Crippen LogP) is 5.27. The molecular formula is C20H23F4NO. The summed E-state index contributed by atoms with van der Waals surface area (Å²) in [5.41, 5.74) is 1.33. The Morgan fingerprint density at radius 2 is 1.77 bits per heavy atom. The van der Waals surface area contributed by atoms with E-state index >= 15 is 0 Å². The van der Waals surface area contributed by atoms with Gasteiger partial charge in [-0.05, 0) is 61.2 Å². The van der Waals surface area contributed by atoms with Crippen LogP contribution in [0.5, 0.6) is 5.75 Å². The molecule has 0 fully saturated rings. The molecule has 2 aromatic carbocycles. The second-order valence-electron chi connectivity index (χ2n) is 6.19. The average Bonchev–Trinajstić information content (AvgIpc) is 2.59. The molecule has 2 rings (SSSR count). The molecule has 2 aromatic rings. The first-order valence-electron chi connectivity index (χ1n) is 8.60. The van der Waals surface area contributed by atoms with E-state index in [1.807, 2.05) is 32.0 Å². The Morgan fingerprint density at radius 1 is 1.04 bits per heavy atom. The lowest BCUT2D eigenvalue weighted by atomic mass is 10.1. The molecule has 0 unspecified atom stereocenters. The Kier molecular flexibility index (Phi) is 7.03. The number of ether oxygens (including phenoxy) is 1. The zero-order valence-electron chi connectivity index (χ0n) is 14.9. The van der Waals surface area contributed by atoms with Gasteiger partial charge in [-0.2, -0.15) is 13.2 Å². The van der Waals surface area contributed by atoms with Gasteiger partial charge in [0, 0.05) is 6.54 Å². The van der Waals surface area contributed by atoms with Gasteiger partial charge in [-0.3, -0.25) is 0 Å². The standard InChI is InChI=1S/C20H23F4NO/c1-3-10-26-19-12-16(5-4-14(19)2)13-25-9-8-15-6-7-18(21)17(11-15)20(22,23)24/h4-7,11-12,25H,3,8-10,13H2,1-2H3. The molecule has 26 heavy (non-hydrogen) atoms. The maximum atomic E-state index is 13.3. The van der Waals surface area contributed by atoms with Crippen LogP contribution in [0.1, 0.15) is 35.6 Å². The average molecular weight is 369 g/mol. The molecule has 0 heterocycles. The second kappa shape index (κ2) is 9.03. The molecule has 0 aliphatic heterocycles. The quantitative estimate of drug-likeness (QED) is 0.505. The Labute approximate surface area is 151 Å². The lowest BCUT2D eigenvalue weighted by Crippen LogP contribution is -2.17. The molecule has 1 N–H and O–H groups in total. The summed E-state index contributed by atoms with van der Waals surface area (Å²) >= 11 is 0. The molecule has 0 aliphatic rings. The Balaban J connectivity index is 1.89. The molecule has 0 bridgehead atoms. The SMILES string of the molecule is CCCOc1cc(CNCCc2ccc(F)c(C(F)(F)F)c2)ccc1C. The van der Waals surface area contributed by atoms with E-state index in [4.69, 9.17) is 4.74 Å². The van der Waals surface area contributed by atoms with Crippen molar-refractivity contribution in [1.29, 1.82) is 0 Å². The fraction of sp³-hybridized carbons (Fsp3) is 0.400. The van der Waals surface area contributed by atoms with Crippen LogP contribution >= 0.6 is 0 Å². The van der Waals surface area contributed by atoms with Gasteiger partial charge in [-0.25, -0.2) is 4.39 Å². The number of halogens is 4. The molecule has 0 aromatic heterocycles. The molecule has 0 radical (unpaired) electrons. The predicted molar refractivity (Wildman–Crippen MR) is 93.8 cm³/mol. The topological polar surface area (TPSA) is 21.3 Å². The third kappa shape index (κ3) is 5.73. The third-order valence-corrected chi connectivity index (χ3v) is 3.97. The molecule has 2 nitrogen and oxygen atoms in total. The smallest absolute Gasteiger partial charge is 0.419 e. The summed E-state index contributed by atoms with van der Waals surface area (Å²) < 4.78 is 57.2. The normalized spacial score (nSPS) is 11.6. The van der Waals surface area contributed by atoms with Crippen LogP contribution < -0.4 is 10.1 Å². The number of hydrogen-bond acceptors (Lipinski definition) is 2. The lowest BCUT2D eigenvalue weighted by molar-refractivity contribution is -0.140. The number of alkyl halides is 3. The highest BCUT2D eigenvalue weighted by molar-refractivity contribution is 5.36. The molecule has 0 saturated carbocycles. The highest BCUT2D eigenvalue weighted by Crippen LogP contribution is 2.31. The number of rotatable bonds is 8. The zero-order chi connectivity index (χ0) is 19.2. The Bertz CT molecular complexity index is 728. The largest absolute Gasteiger partial charge is 0.493 e. The van der Waals surface area contributed by atoms with Crippen LogP contribution in [0.25, 0.3) is 0 Å². The first kappa shape index (κ1) is 20.2. The van der Waals surface area contributed by atoms with Gasteiger partial charge in [0.15, 0.2) is 0 Å². The van der Waals surface area contributed by atoms with Gasteiger partial charge in [0.2, 0.25) is 0 Å². The number of hydrogen-bond donors (Lipinski definition) is 1. The first-order chi connectivity index (χ1) is 12.3. The van der Waals surface area contributed by atoms with E-state index in [-0.39, 0.29) is 0 Å². The van der Waals surface area contributed by atoms with Gasteiger partial charge >= 0.3 is 6.18 Å². The summed E-state index contributed by atoms with van der Waals surface area (Å²) in [5.74, 6) is -0.395. The van der Waals surface area contributed by atoms with Crippen molar-refractivity contribution in [3.05, 3.63) is 64.5 Å². The number of benzene rings is 2. The van der Waals surface area contributed by atoms with Crippen molar-refractivity contribution >= 4 is 0 Å². The van der Waals surface area contributed by atoms with Gasteiger partial charge in [0.1, 0.15) is 11.6 Å². The van der Waals surface area contributed by atoms with Gasteiger partial charge in [0.05, 0.1) is 12.2 Å². The zero-order valence-corrected chi connectivity index (χ0v) is 14.9. The van der Waals surface area contributed by atoms with Crippen molar-refractivity contribution in [2.45, 2.75) is 39.4 Å². The van der Waals surface area contributed by atoms with Crippen LogP contribution in [0.15, 0.2) is 36.4 Å². The summed E-state index contributed by atoms with van der Waals surface area (Å²) in [6.45, 7) is 5.75. The fourth-order valence-corrected chi connectivity index (χ4v) is 2.53. The van der Waals surface area contributed by atoms with Crippen molar-refractivity contribution < 1.29 is 22.3 Å². The van der Waals surface area contributed by atoms with Gasteiger partial charge in [-0.15, -0.1) is 0 Å². The minimum atomic E-state index is -4.68. The summed E-state index contributed by atoms with van der Waals surface area (Å²) in [6.07, 6.45) is -3.36. The van der Waals surface area contributed by atoms with Crippen LogP contribution in [0.4, 0.5) is 17.6 Å². The van der Waals surface area contributed by atoms with Crippen LogP contribution in [0, 0.1) is 12.7 Å². The maximum absolute atomic E-state index is 13.3. The molecular weight excluding hydrogens is 346 g/mol. The van der Waals surface area contributed by atoms with Crippen molar-refractivity contribution in [1.82, 2.24) is 5.32 Å². The van der Waals surface area contributed by atoms with E-state index in [9.17, 15) is 17.6 Å². The summed E-state index contributed by atoms with van der Waals surface area (Å²) in [6, 6.07) is 9.07. The van der Waals surface area contributed by atoms with Gasteiger partial charge in [0.25, 0.3) is 0 Å².